The molecule has 16 heavy (non-hydrogen) atoms. The topological polar surface area (TPSA) is 58.3 Å². The molecule has 0 amide bonds. The second-order valence-corrected chi connectivity index (χ2v) is 4.15. The van der Waals surface area contributed by atoms with Crippen LogP contribution in [0.4, 0.5) is 20.2 Å². The Morgan fingerprint density at radius 3 is 2.44 bits per heavy atom. The molecule has 0 aliphatic heterocycles. The van der Waals surface area contributed by atoms with E-state index in [1.807, 2.05) is 0 Å². The van der Waals surface area contributed by atoms with Gasteiger partial charge in [-0.25, -0.2) is 8.78 Å². The molecule has 1 saturated carbocycles. The maximum Gasteiger partial charge on any atom is 0.151 e. The van der Waals surface area contributed by atoms with Gasteiger partial charge in [0.25, 0.3) is 0 Å². The van der Waals surface area contributed by atoms with Gasteiger partial charge in [-0.15, -0.1) is 0 Å². The molecular weight excluding hydrogens is 214 g/mol. The quantitative estimate of drug-likeness (QED) is 0.688. The van der Waals surface area contributed by atoms with Gasteiger partial charge in [0.1, 0.15) is 5.69 Å². The zero-order chi connectivity index (χ0) is 11.7. The van der Waals surface area contributed by atoms with Gasteiger partial charge in [0, 0.05) is 12.2 Å². The normalized spacial score (nSPS) is 17.2. The van der Waals surface area contributed by atoms with Crippen molar-refractivity contribution in [3.8, 4) is 0 Å². The van der Waals surface area contributed by atoms with Crippen molar-refractivity contribution in [2.45, 2.75) is 18.9 Å². The smallest absolute Gasteiger partial charge is 0.151 e. The minimum Gasteiger partial charge on any atom is -0.399 e. The maximum atomic E-state index is 13.3. The maximum absolute atomic E-state index is 13.3. The Hall–Kier alpha value is -1.36. The molecular formula is C11H14F2N2O. The number of anilines is 2. The van der Waals surface area contributed by atoms with Crippen molar-refractivity contribution in [1.82, 2.24) is 0 Å². The van der Waals surface area contributed by atoms with Crippen LogP contribution in [0, 0.1) is 17.6 Å². The van der Waals surface area contributed by atoms with Gasteiger partial charge in [-0.05, 0) is 30.9 Å². The molecule has 0 radical (unpaired) electrons. The third-order valence-corrected chi connectivity index (χ3v) is 2.72. The van der Waals surface area contributed by atoms with Gasteiger partial charge in [0.05, 0.1) is 6.10 Å². The summed E-state index contributed by atoms with van der Waals surface area (Å²) in [6, 6.07) is 2.10. The number of benzene rings is 1. The number of nitrogens with one attached hydrogen (secondary N) is 1. The molecule has 1 fully saturated rings. The molecule has 1 aliphatic rings. The van der Waals surface area contributed by atoms with Crippen LogP contribution in [0.1, 0.15) is 12.8 Å². The second-order valence-electron chi connectivity index (χ2n) is 4.15. The summed E-state index contributed by atoms with van der Waals surface area (Å²) in [7, 11) is 0. The predicted molar refractivity (Wildman–Crippen MR) is 58.0 cm³/mol. The Morgan fingerprint density at radius 1 is 1.38 bits per heavy atom. The highest BCUT2D eigenvalue weighted by molar-refractivity contribution is 5.54. The van der Waals surface area contributed by atoms with Crippen LogP contribution in [-0.2, 0) is 0 Å². The van der Waals surface area contributed by atoms with Gasteiger partial charge in [0.15, 0.2) is 11.6 Å². The molecule has 1 aromatic rings. The van der Waals surface area contributed by atoms with Crippen molar-refractivity contribution in [2.75, 3.05) is 17.6 Å². The molecule has 0 bridgehead atoms. The van der Waals surface area contributed by atoms with Gasteiger partial charge in [-0.2, -0.15) is 0 Å². The van der Waals surface area contributed by atoms with Crippen molar-refractivity contribution >= 4 is 11.4 Å². The first-order valence-corrected chi connectivity index (χ1v) is 5.24. The molecule has 1 atom stereocenters. The van der Waals surface area contributed by atoms with E-state index in [1.54, 1.807) is 0 Å². The number of rotatable bonds is 4. The lowest BCUT2D eigenvalue weighted by Gasteiger charge is -2.13. The fourth-order valence-corrected chi connectivity index (χ4v) is 1.62. The summed E-state index contributed by atoms with van der Waals surface area (Å²) in [5.74, 6) is -1.20. The van der Waals surface area contributed by atoms with Gasteiger partial charge < -0.3 is 16.2 Å². The molecule has 88 valence electrons. The first-order valence-electron chi connectivity index (χ1n) is 5.24. The van der Waals surface area contributed by atoms with Crippen LogP contribution in [-0.4, -0.2) is 17.8 Å². The number of hydrogen-bond donors (Lipinski definition) is 3. The Balaban J connectivity index is 2.02. The van der Waals surface area contributed by atoms with Crippen molar-refractivity contribution < 1.29 is 13.9 Å². The van der Waals surface area contributed by atoms with E-state index in [-0.39, 0.29) is 23.8 Å². The van der Waals surface area contributed by atoms with E-state index in [0.29, 0.717) is 0 Å². The van der Waals surface area contributed by atoms with E-state index in [9.17, 15) is 13.9 Å². The fraction of sp³-hybridized carbons (Fsp3) is 0.455. The van der Waals surface area contributed by atoms with Crippen molar-refractivity contribution in [3.05, 3.63) is 23.8 Å². The number of nitrogens with two attached hydrogens (primary N) is 1. The van der Waals surface area contributed by atoms with E-state index in [1.165, 1.54) is 0 Å². The van der Waals surface area contributed by atoms with Gasteiger partial charge in [-0.1, -0.05) is 0 Å². The lowest BCUT2D eigenvalue weighted by Crippen LogP contribution is -2.22. The zero-order valence-corrected chi connectivity index (χ0v) is 8.71. The van der Waals surface area contributed by atoms with Crippen molar-refractivity contribution in [3.63, 3.8) is 0 Å². The average Bonchev–Trinajstić information content (AvgIpc) is 2.98. The summed E-state index contributed by atoms with van der Waals surface area (Å²) >= 11 is 0. The molecule has 2 rings (SSSR count). The summed E-state index contributed by atoms with van der Waals surface area (Å²) in [5, 5.41) is 12.1. The first kappa shape index (κ1) is 11.1. The van der Waals surface area contributed by atoms with E-state index in [4.69, 9.17) is 5.73 Å². The van der Waals surface area contributed by atoms with Crippen LogP contribution in [0.2, 0.25) is 0 Å². The van der Waals surface area contributed by atoms with Crippen LogP contribution in [0.15, 0.2) is 12.1 Å². The Bertz CT molecular complexity index is 371. The molecule has 1 aromatic carbocycles. The molecule has 3 nitrogen and oxygen atoms in total. The molecule has 0 aromatic heterocycles. The number of nitrogen functional groups attached to an aromatic ring is 1. The predicted octanol–water partition coefficient (Wildman–Crippen LogP) is 1.73. The minimum atomic E-state index is -0.736. The van der Waals surface area contributed by atoms with Crippen LogP contribution < -0.4 is 11.1 Å². The molecule has 4 N–H and O–H groups in total. The molecule has 0 heterocycles. The summed E-state index contributed by atoms with van der Waals surface area (Å²) in [5.41, 5.74) is 5.10. The van der Waals surface area contributed by atoms with Gasteiger partial charge >= 0.3 is 0 Å². The largest absolute Gasteiger partial charge is 0.399 e. The van der Waals surface area contributed by atoms with Crippen LogP contribution >= 0.6 is 0 Å². The minimum absolute atomic E-state index is 0.0447. The van der Waals surface area contributed by atoms with Crippen LogP contribution in [0.25, 0.3) is 0 Å². The summed E-state index contributed by atoms with van der Waals surface area (Å²) < 4.78 is 26.6. The highest BCUT2D eigenvalue weighted by Crippen LogP contribution is 2.33. The Morgan fingerprint density at radius 2 is 1.94 bits per heavy atom. The third-order valence-electron chi connectivity index (χ3n) is 2.72. The number of halogens is 2. The fourth-order valence-electron chi connectivity index (χ4n) is 1.62. The summed E-state index contributed by atoms with van der Waals surface area (Å²) in [6.07, 6.45) is 1.42. The SMILES string of the molecule is Nc1cc(F)c(NCC(O)C2CC2)c(F)c1. The molecule has 1 unspecified atom stereocenters. The van der Waals surface area contributed by atoms with Crippen molar-refractivity contribution in [2.24, 2.45) is 5.92 Å². The molecule has 1 aliphatic carbocycles. The third kappa shape index (κ3) is 2.41. The van der Waals surface area contributed by atoms with E-state index < -0.39 is 17.7 Å². The Kier molecular flexibility index (Phi) is 2.96. The monoisotopic (exact) mass is 228 g/mol. The van der Waals surface area contributed by atoms with Gasteiger partial charge in [0.2, 0.25) is 0 Å². The number of aliphatic hydroxyl groups excluding tert-OH is 1. The second kappa shape index (κ2) is 4.25. The zero-order valence-electron chi connectivity index (χ0n) is 8.71. The van der Waals surface area contributed by atoms with E-state index >= 15 is 0 Å². The van der Waals surface area contributed by atoms with Crippen LogP contribution in [0.5, 0.6) is 0 Å². The lowest BCUT2D eigenvalue weighted by atomic mass is 10.2. The summed E-state index contributed by atoms with van der Waals surface area (Å²) in [4.78, 5) is 0. The average molecular weight is 228 g/mol. The lowest BCUT2D eigenvalue weighted by molar-refractivity contribution is 0.164. The summed E-state index contributed by atoms with van der Waals surface area (Å²) in [6.45, 7) is 0.155. The number of hydrogen-bond acceptors (Lipinski definition) is 3. The molecule has 0 saturated heterocycles. The highest BCUT2D eigenvalue weighted by Gasteiger charge is 2.29. The van der Waals surface area contributed by atoms with Crippen molar-refractivity contribution in [1.29, 1.82) is 0 Å². The molecule has 0 spiro atoms. The first-order chi connectivity index (χ1) is 7.58. The Labute approximate surface area is 92.3 Å². The standard InChI is InChI=1S/C11H14F2N2O/c12-8-3-7(14)4-9(13)11(8)15-5-10(16)6-1-2-6/h3-4,6,10,15-16H,1-2,5,14H2. The number of aliphatic hydroxyl groups is 1. The molecule has 5 heteroatoms. The van der Waals surface area contributed by atoms with E-state index in [0.717, 1.165) is 25.0 Å². The van der Waals surface area contributed by atoms with E-state index in [2.05, 4.69) is 5.32 Å². The van der Waals surface area contributed by atoms with Gasteiger partial charge in [-0.3, -0.25) is 0 Å². The van der Waals surface area contributed by atoms with Crippen LogP contribution in [0.3, 0.4) is 0 Å². The highest BCUT2D eigenvalue weighted by atomic mass is 19.1.